The van der Waals surface area contributed by atoms with Crippen molar-refractivity contribution in [2.45, 2.75) is 25.8 Å². The van der Waals surface area contributed by atoms with E-state index >= 15 is 0 Å². The topological polar surface area (TPSA) is 57.6 Å². The summed E-state index contributed by atoms with van der Waals surface area (Å²) < 4.78 is 0.937. The molecule has 1 saturated heterocycles. The Morgan fingerprint density at radius 2 is 2.19 bits per heavy atom. The molecule has 21 heavy (non-hydrogen) atoms. The number of hydrogen-bond donors (Lipinski definition) is 1. The number of nitrogens with zero attached hydrogens (tertiary/aromatic N) is 1. The van der Waals surface area contributed by atoms with E-state index in [0.717, 1.165) is 22.9 Å². The van der Waals surface area contributed by atoms with E-state index in [1.165, 1.54) is 11.0 Å². The Kier molecular flexibility index (Phi) is 5.17. The van der Waals surface area contributed by atoms with Gasteiger partial charge >= 0.3 is 5.97 Å². The molecule has 0 aliphatic carbocycles. The Bertz CT molecular complexity index is 570. The van der Waals surface area contributed by atoms with Gasteiger partial charge in [-0.1, -0.05) is 35.0 Å². The van der Waals surface area contributed by atoms with Gasteiger partial charge in [0.15, 0.2) is 0 Å². The van der Waals surface area contributed by atoms with Gasteiger partial charge in [-0.05, 0) is 42.5 Å². The summed E-state index contributed by atoms with van der Waals surface area (Å²) in [6.45, 7) is 2.39. The van der Waals surface area contributed by atoms with Gasteiger partial charge in [0.1, 0.15) is 6.04 Å². The van der Waals surface area contributed by atoms with Crippen LogP contribution in [-0.4, -0.2) is 34.5 Å². The predicted molar refractivity (Wildman–Crippen MR) is 84.7 cm³/mol. The number of aliphatic carboxylic acids is 1. The number of carboxylic acid groups (broad SMARTS) is 1. The number of rotatable bonds is 3. The van der Waals surface area contributed by atoms with Gasteiger partial charge < -0.3 is 10.0 Å². The highest BCUT2D eigenvalue weighted by atomic mass is 79.9. The number of halogens is 1. The van der Waals surface area contributed by atoms with Crippen molar-refractivity contribution >= 4 is 33.9 Å². The Balaban J connectivity index is 2.13. The first-order valence-corrected chi connectivity index (χ1v) is 7.75. The minimum Gasteiger partial charge on any atom is -0.480 e. The molecule has 1 aromatic carbocycles. The predicted octanol–water partition coefficient (Wildman–Crippen LogP) is 3.17. The number of carboxylic acids is 1. The van der Waals surface area contributed by atoms with E-state index in [1.807, 2.05) is 31.2 Å². The molecule has 1 fully saturated rings. The lowest BCUT2D eigenvalue weighted by molar-refractivity contribution is -0.152. The summed E-state index contributed by atoms with van der Waals surface area (Å²) in [5.41, 5.74) is 0.898. The maximum absolute atomic E-state index is 12.3. The molecule has 2 rings (SSSR count). The molecule has 1 amide bonds. The van der Waals surface area contributed by atoms with Crippen LogP contribution in [0.1, 0.15) is 25.3 Å². The summed E-state index contributed by atoms with van der Waals surface area (Å²) in [5.74, 6) is -1.18. The van der Waals surface area contributed by atoms with Crippen molar-refractivity contribution in [1.82, 2.24) is 4.90 Å². The minimum absolute atomic E-state index is 0.0144. The monoisotopic (exact) mass is 351 g/mol. The normalized spacial score (nSPS) is 22.5. The fourth-order valence-corrected chi connectivity index (χ4v) is 3.10. The molecule has 0 saturated carbocycles. The van der Waals surface area contributed by atoms with Crippen LogP contribution >= 0.6 is 15.9 Å². The van der Waals surface area contributed by atoms with Gasteiger partial charge in [-0.2, -0.15) is 0 Å². The van der Waals surface area contributed by atoms with E-state index in [2.05, 4.69) is 15.9 Å². The largest absolute Gasteiger partial charge is 0.480 e. The lowest BCUT2D eigenvalue weighted by atomic mass is 9.90. The van der Waals surface area contributed by atoms with Crippen molar-refractivity contribution in [2.24, 2.45) is 5.92 Å². The van der Waals surface area contributed by atoms with Gasteiger partial charge in [-0.3, -0.25) is 4.79 Å². The van der Waals surface area contributed by atoms with Crippen LogP contribution < -0.4 is 0 Å². The first kappa shape index (κ1) is 15.8. The van der Waals surface area contributed by atoms with Gasteiger partial charge in [0.05, 0.1) is 0 Å². The number of piperidine rings is 1. The maximum atomic E-state index is 12.3. The summed E-state index contributed by atoms with van der Waals surface area (Å²) in [5, 5.41) is 9.33. The fraction of sp³-hybridized carbons (Fsp3) is 0.375. The zero-order valence-corrected chi connectivity index (χ0v) is 13.4. The molecular formula is C16H18BrNO3. The van der Waals surface area contributed by atoms with E-state index in [0.29, 0.717) is 6.54 Å². The molecule has 1 aliphatic heterocycles. The Hall–Kier alpha value is -1.62. The van der Waals surface area contributed by atoms with Gasteiger partial charge in [-0.25, -0.2) is 4.79 Å². The second-order valence-electron chi connectivity index (χ2n) is 5.32. The molecule has 5 heteroatoms. The summed E-state index contributed by atoms with van der Waals surface area (Å²) in [6.07, 6.45) is 4.86. The van der Waals surface area contributed by atoms with Crippen LogP contribution in [-0.2, 0) is 9.59 Å². The smallest absolute Gasteiger partial charge is 0.326 e. The van der Waals surface area contributed by atoms with Crippen molar-refractivity contribution < 1.29 is 14.7 Å². The number of carbonyl (C=O) groups is 2. The van der Waals surface area contributed by atoms with Crippen LogP contribution in [0.2, 0.25) is 0 Å². The Labute approximate surface area is 132 Å². The molecule has 112 valence electrons. The van der Waals surface area contributed by atoms with Crippen LogP contribution in [0, 0.1) is 5.92 Å². The van der Waals surface area contributed by atoms with Crippen molar-refractivity contribution in [2.75, 3.05) is 6.54 Å². The molecule has 0 aromatic heterocycles. The summed E-state index contributed by atoms with van der Waals surface area (Å²) in [4.78, 5) is 25.1. The first-order chi connectivity index (χ1) is 9.99. The quantitative estimate of drug-likeness (QED) is 0.850. The van der Waals surface area contributed by atoms with Crippen molar-refractivity contribution in [3.05, 3.63) is 40.4 Å². The van der Waals surface area contributed by atoms with Crippen molar-refractivity contribution in [1.29, 1.82) is 0 Å². The fourth-order valence-electron chi connectivity index (χ4n) is 2.69. The van der Waals surface area contributed by atoms with Crippen LogP contribution in [0.15, 0.2) is 34.8 Å². The number of likely N-dealkylation sites (tertiary alicyclic amines) is 1. The first-order valence-electron chi connectivity index (χ1n) is 6.96. The Morgan fingerprint density at radius 1 is 1.43 bits per heavy atom. The van der Waals surface area contributed by atoms with E-state index in [-0.39, 0.29) is 11.8 Å². The number of amides is 1. The van der Waals surface area contributed by atoms with E-state index < -0.39 is 12.0 Å². The molecule has 4 nitrogen and oxygen atoms in total. The van der Waals surface area contributed by atoms with Crippen LogP contribution in [0.4, 0.5) is 0 Å². The SMILES string of the molecule is CC1CCCN(C(=O)/C=C/c2cccc(Br)c2)C1C(=O)O. The molecule has 0 spiro atoms. The number of hydrogen-bond acceptors (Lipinski definition) is 2. The summed E-state index contributed by atoms with van der Waals surface area (Å²) >= 11 is 3.38. The summed E-state index contributed by atoms with van der Waals surface area (Å²) in [7, 11) is 0. The van der Waals surface area contributed by atoms with Gasteiger partial charge in [0.25, 0.3) is 0 Å². The average Bonchev–Trinajstić information content (AvgIpc) is 2.44. The van der Waals surface area contributed by atoms with E-state index in [9.17, 15) is 14.7 Å². The molecule has 2 atom stereocenters. The lowest BCUT2D eigenvalue weighted by Crippen LogP contribution is -2.51. The highest BCUT2D eigenvalue weighted by Gasteiger charge is 2.36. The standard InChI is InChI=1S/C16H18BrNO3/c1-11-4-3-9-18(15(11)16(20)21)14(19)8-7-12-5-2-6-13(17)10-12/h2,5-8,10-11,15H,3-4,9H2,1H3,(H,20,21)/b8-7+. The molecule has 1 heterocycles. The molecular weight excluding hydrogens is 334 g/mol. The highest BCUT2D eigenvalue weighted by molar-refractivity contribution is 9.10. The van der Waals surface area contributed by atoms with Gasteiger partial charge in [0.2, 0.25) is 5.91 Å². The summed E-state index contributed by atoms with van der Waals surface area (Å²) in [6, 6.07) is 6.86. The van der Waals surface area contributed by atoms with Gasteiger partial charge in [0, 0.05) is 17.1 Å². The molecule has 2 unspecified atom stereocenters. The lowest BCUT2D eigenvalue weighted by Gasteiger charge is -2.36. The highest BCUT2D eigenvalue weighted by Crippen LogP contribution is 2.24. The second-order valence-corrected chi connectivity index (χ2v) is 6.24. The Morgan fingerprint density at radius 3 is 2.86 bits per heavy atom. The third-order valence-electron chi connectivity index (χ3n) is 3.74. The van der Waals surface area contributed by atoms with Crippen LogP contribution in [0.3, 0.4) is 0 Å². The third kappa shape index (κ3) is 3.94. The van der Waals surface area contributed by atoms with Gasteiger partial charge in [-0.15, -0.1) is 0 Å². The number of benzene rings is 1. The third-order valence-corrected chi connectivity index (χ3v) is 4.23. The van der Waals surface area contributed by atoms with E-state index in [4.69, 9.17) is 0 Å². The van der Waals surface area contributed by atoms with E-state index in [1.54, 1.807) is 6.08 Å². The maximum Gasteiger partial charge on any atom is 0.326 e. The molecule has 1 aromatic rings. The molecule has 1 N–H and O–H groups in total. The van der Waals surface area contributed by atoms with Crippen LogP contribution in [0.25, 0.3) is 6.08 Å². The number of carbonyl (C=O) groups excluding carboxylic acids is 1. The van der Waals surface area contributed by atoms with Crippen molar-refractivity contribution in [3.63, 3.8) is 0 Å². The molecule has 0 radical (unpaired) electrons. The van der Waals surface area contributed by atoms with Crippen molar-refractivity contribution in [3.8, 4) is 0 Å². The average molecular weight is 352 g/mol. The van der Waals surface area contributed by atoms with Crippen LogP contribution in [0.5, 0.6) is 0 Å². The molecule has 0 bridgehead atoms. The second kappa shape index (κ2) is 6.89. The minimum atomic E-state index is -0.925. The zero-order valence-electron chi connectivity index (χ0n) is 11.8. The molecule has 1 aliphatic rings. The zero-order chi connectivity index (χ0) is 15.4.